The fourth-order valence-corrected chi connectivity index (χ4v) is 3.86. The summed E-state index contributed by atoms with van der Waals surface area (Å²) in [6.45, 7) is 6.12. The molecule has 0 bridgehead atoms. The average molecular weight is 397 g/mol. The fourth-order valence-electron chi connectivity index (χ4n) is 2.68. The third-order valence-electron chi connectivity index (χ3n) is 4.30. The van der Waals surface area contributed by atoms with Gasteiger partial charge in [-0.15, -0.1) is 0 Å². The number of hydrazine groups is 1. The van der Waals surface area contributed by atoms with Gasteiger partial charge in [0.15, 0.2) is 4.32 Å². The third-order valence-corrected chi connectivity index (χ3v) is 5.60. The van der Waals surface area contributed by atoms with Gasteiger partial charge in [-0.05, 0) is 53.9 Å². The molecule has 0 aliphatic carbocycles. The molecule has 1 aliphatic heterocycles. The number of benzene rings is 2. The number of thioether (sulfide) groups is 1. The van der Waals surface area contributed by atoms with Crippen LogP contribution in [-0.2, 0) is 4.79 Å². The lowest BCUT2D eigenvalue weighted by molar-refractivity contribution is -0.123. The summed E-state index contributed by atoms with van der Waals surface area (Å²) in [5, 5.41) is 1.14. The molecule has 27 heavy (non-hydrogen) atoms. The molecular formula is C21H20N2O2S2. The van der Waals surface area contributed by atoms with Gasteiger partial charge in [-0.2, -0.15) is 5.01 Å². The minimum absolute atomic E-state index is 0.312. The van der Waals surface area contributed by atoms with Crippen molar-refractivity contribution in [3.8, 4) is 0 Å². The van der Waals surface area contributed by atoms with E-state index in [-0.39, 0.29) is 11.8 Å². The maximum atomic E-state index is 12.7. The van der Waals surface area contributed by atoms with Crippen molar-refractivity contribution in [2.45, 2.75) is 26.7 Å². The zero-order valence-electron chi connectivity index (χ0n) is 15.4. The topological polar surface area (TPSA) is 49.4 Å². The molecule has 4 nitrogen and oxygen atoms in total. The van der Waals surface area contributed by atoms with Crippen molar-refractivity contribution in [2.75, 3.05) is 0 Å². The van der Waals surface area contributed by atoms with Crippen LogP contribution in [0.3, 0.4) is 0 Å². The van der Waals surface area contributed by atoms with E-state index in [1.165, 1.54) is 17.3 Å². The van der Waals surface area contributed by atoms with E-state index in [2.05, 4.69) is 31.4 Å². The minimum Gasteiger partial charge on any atom is -0.267 e. The number of hydrogen-bond acceptors (Lipinski definition) is 4. The Balaban J connectivity index is 1.76. The van der Waals surface area contributed by atoms with Gasteiger partial charge in [0.2, 0.25) is 0 Å². The van der Waals surface area contributed by atoms with Crippen LogP contribution in [0.5, 0.6) is 0 Å². The molecule has 0 unspecified atom stereocenters. The first kappa shape index (κ1) is 19.3. The molecule has 138 valence electrons. The lowest BCUT2D eigenvalue weighted by atomic mass is 10.0. The quantitative estimate of drug-likeness (QED) is 0.603. The second kappa shape index (κ2) is 8.06. The Bertz CT molecular complexity index is 933. The molecule has 1 N–H and O–H groups in total. The van der Waals surface area contributed by atoms with Crippen LogP contribution >= 0.6 is 24.0 Å². The maximum absolute atomic E-state index is 12.7. The van der Waals surface area contributed by atoms with Gasteiger partial charge in [0, 0.05) is 5.56 Å². The summed E-state index contributed by atoms with van der Waals surface area (Å²) in [6, 6.07) is 15.3. The number of thiocarbonyl (C=S) groups is 1. The van der Waals surface area contributed by atoms with Gasteiger partial charge in [-0.3, -0.25) is 15.0 Å². The number of amides is 2. The Morgan fingerprint density at radius 3 is 2.44 bits per heavy atom. The van der Waals surface area contributed by atoms with E-state index < -0.39 is 0 Å². The first-order valence-corrected chi connectivity index (χ1v) is 9.84. The Hall–Kier alpha value is -2.44. The van der Waals surface area contributed by atoms with Crippen molar-refractivity contribution >= 4 is 46.2 Å². The van der Waals surface area contributed by atoms with E-state index in [1.54, 1.807) is 18.2 Å². The van der Waals surface area contributed by atoms with E-state index >= 15 is 0 Å². The summed E-state index contributed by atoms with van der Waals surface area (Å²) in [6.07, 6.45) is 1.79. The van der Waals surface area contributed by atoms with Crippen molar-refractivity contribution in [3.05, 3.63) is 75.7 Å². The van der Waals surface area contributed by atoms with Crippen LogP contribution in [0, 0.1) is 6.92 Å². The largest absolute Gasteiger partial charge is 0.285 e. The fraction of sp³-hybridized carbons (Fsp3) is 0.190. The monoisotopic (exact) mass is 396 g/mol. The molecule has 6 heteroatoms. The summed E-state index contributed by atoms with van der Waals surface area (Å²) in [4.78, 5) is 25.7. The van der Waals surface area contributed by atoms with Crippen LogP contribution in [0.15, 0.2) is 53.4 Å². The van der Waals surface area contributed by atoms with E-state index in [1.807, 2.05) is 31.2 Å². The molecule has 3 rings (SSSR count). The molecule has 0 radical (unpaired) electrons. The smallest absolute Gasteiger partial charge is 0.267 e. The van der Waals surface area contributed by atoms with Crippen molar-refractivity contribution in [3.63, 3.8) is 0 Å². The third kappa shape index (κ3) is 4.28. The zero-order chi connectivity index (χ0) is 19.6. The van der Waals surface area contributed by atoms with E-state index in [0.717, 1.165) is 16.1 Å². The molecular weight excluding hydrogens is 376 g/mol. The number of nitrogens with zero attached hydrogens (tertiary/aromatic N) is 1. The highest BCUT2D eigenvalue weighted by atomic mass is 32.2. The second-order valence-corrected chi connectivity index (χ2v) is 8.27. The van der Waals surface area contributed by atoms with Crippen LogP contribution in [0.2, 0.25) is 0 Å². The molecule has 2 amide bonds. The molecule has 0 spiro atoms. The molecule has 1 aliphatic rings. The van der Waals surface area contributed by atoms with Crippen LogP contribution in [-0.4, -0.2) is 21.1 Å². The van der Waals surface area contributed by atoms with Crippen molar-refractivity contribution < 1.29 is 9.59 Å². The summed E-state index contributed by atoms with van der Waals surface area (Å²) < 4.78 is 0.312. The van der Waals surface area contributed by atoms with Crippen molar-refractivity contribution in [1.29, 1.82) is 0 Å². The number of aryl methyl sites for hydroxylation is 1. The summed E-state index contributed by atoms with van der Waals surface area (Å²) in [5.74, 6) is -0.222. The summed E-state index contributed by atoms with van der Waals surface area (Å²) >= 11 is 6.46. The molecule has 1 saturated heterocycles. The lowest BCUT2D eigenvalue weighted by Gasteiger charge is -2.16. The molecule has 0 saturated carbocycles. The highest BCUT2D eigenvalue weighted by Gasteiger charge is 2.33. The number of hydrogen-bond donors (Lipinski definition) is 1. The lowest BCUT2D eigenvalue weighted by Crippen LogP contribution is -2.45. The highest BCUT2D eigenvalue weighted by molar-refractivity contribution is 8.26. The zero-order valence-corrected chi connectivity index (χ0v) is 17.0. The second-order valence-electron chi connectivity index (χ2n) is 6.59. The number of carbonyl (C=O) groups excluding carboxylic acids is 2. The van der Waals surface area contributed by atoms with Gasteiger partial charge < -0.3 is 0 Å². The van der Waals surface area contributed by atoms with E-state index in [9.17, 15) is 9.59 Å². The van der Waals surface area contributed by atoms with E-state index in [0.29, 0.717) is 20.7 Å². The van der Waals surface area contributed by atoms with E-state index in [4.69, 9.17) is 12.2 Å². The molecule has 0 atom stereocenters. The van der Waals surface area contributed by atoms with Gasteiger partial charge in [-0.1, -0.05) is 68.1 Å². The predicted molar refractivity (Wildman–Crippen MR) is 114 cm³/mol. The van der Waals surface area contributed by atoms with Gasteiger partial charge in [0.25, 0.3) is 11.8 Å². The van der Waals surface area contributed by atoms with Crippen LogP contribution in [0.25, 0.3) is 6.08 Å². The first-order chi connectivity index (χ1) is 12.9. The SMILES string of the molecule is Cc1ccccc1C(=O)NN1C(=O)/C(=C/c2ccc(C(C)C)cc2)SC1=S. The Kier molecular flexibility index (Phi) is 5.77. The van der Waals surface area contributed by atoms with Gasteiger partial charge >= 0.3 is 0 Å². The Morgan fingerprint density at radius 1 is 1.15 bits per heavy atom. The van der Waals surface area contributed by atoms with Gasteiger partial charge in [-0.25, -0.2) is 0 Å². The van der Waals surface area contributed by atoms with Crippen molar-refractivity contribution in [2.24, 2.45) is 0 Å². The number of rotatable bonds is 4. The number of carbonyl (C=O) groups is 2. The molecule has 1 fully saturated rings. The Morgan fingerprint density at radius 2 is 1.81 bits per heavy atom. The Labute approximate surface area is 168 Å². The van der Waals surface area contributed by atoms with Crippen LogP contribution in [0.4, 0.5) is 0 Å². The molecule has 0 aromatic heterocycles. The first-order valence-electron chi connectivity index (χ1n) is 8.61. The summed E-state index contributed by atoms with van der Waals surface area (Å²) in [5.41, 5.74) is 6.13. The maximum Gasteiger partial charge on any atom is 0.285 e. The van der Waals surface area contributed by atoms with Gasteiger partial charge in [0.05, 0.1) is 4.91 Å². The van der Waals surface area contributed by atoms with Gasteiger partial charge in [0.1, 0.15) is 0 Å². The van der Waals surface area contributed by atoms with Crippen LogP contribution in [0.1, 0.15) is 46.8 Å². The van der Waals surface area contributed by atoms with Crippen LogP contribution < -0.4 is 5.43 Å². The normalized spacial score (nSPS) is 15.7. The predicted octanol–water partition coefficient (Wildman–Crippen LogP) is 4.66. The molecule has 1 heterocycles. The molecule has 2 aromatic rings. The highest BCUT2D eigenvalue weighted by Crippen LogP contribution is 2.31. The summed E-state index contributed by atoms with van der Waals surface area (Å²) in [7, 11) is 0. The number of nitrogens with one attached hydrogen (secondary N) is 1. The average Bonchev–Trinajstić information content (AvgIpc) is 2.90. The minimum atomic E-state index is -0.355. The molecule has 2 aromatic carbocycles. The van der Waals surface area contributed by atoms with Crippen molar-refractivity contribution in [1.82, 2.24) is 10.4 Å². The standard InChI is InChI=1S/C21H20N2O2S2/c1-13(2)16-10-8-15(9-11-16)12-18-20(25)23(21(26)27-18)22-19(24)17-7-5-4-6-14(17)3/h4-13H,1-3H3,(H,22,24)/b18-12-.